The summed E-state index contributed by atoms with van der Waals surface area (Å²) < 4.78 is 48.1. The summed E-state index contributed by atoms with van der Waals surface area (Å²) in [7, 11) is -7.40. The molecule has 0 bridgehead atoms. The van der Waals surface area contributed by atoms with Crippen molar-refractivity contribution in [3.8, 4) is 0 Å². The molecule has 0 amide bonds. The highest BCUT2D eigenvalue weighted by molar-refractivity contribution is 7.72. The van der Waals surface area contributed by atoms with Gasteiger partial charge in [0, 0.05) is 18.0 Å². The van der Waals surface area contributed by atoms with Crippen molar-refractivity contribution in [3.63, 3.8) is 0 Å². The van der Waals surface area contributed by atoms with E-state index in [1.165, 1.54) is 11.3 Å². The zero-order valence-corrected chi connectivity index (χ0v) is 16.6. The molecule has 0 spiro atoms. The summed E-state index contributed by atoms with van der Waals surface area (Å²) in [6.45, 7) is 7.51. The normalized spacial score (nSPS) is 12.9. The minimum atomic E-state index is -3.70. The summed E-state index contributed by atoms with van der Waals surface area (Å²) in [6, 6.07) is 0. The summed E-state index contributed by atoms with van der Waals surface area (Å²) in [5.41, 5.74) is 0. The van der Waals surface area contributed by atoms with Crippen molar-refractivity contribution in [2.24, 2.45) is 0 Å². The van der Waals surface area contributed by atoms with Crippen molar-refractivity contribution in [2.75, 3.05) is 26.4 Å². The Kier molecular flexibility index (Phi) is 9.16. The average Bonchev–Trinajstić information content (AvgIpc) is 2.98. The van der Waals surface area contributed by atoms with E-state index in [9.17, 15) is 9.13 Å². The third-order valence-corrected chi connectivity index (χ3v) is 9.60. The van der Waals surface area contributed by atoms with Crippen LogP contribution in [0.5, 0.6) is 0 Å². The quantitative estimate of drug-likeness (QED) is 0.488. The number of thiazole rings is 1. The van der Waals surface area contributed by atoms with Crippen molar-refractivity contribution < 1.29 is 27.2 Å². The van der Waals surface area contributed by atoms with Crippen LogP contribution in [-0.4, -0.2) is 36.8 Å². The van der Waals surface area contributed by atoms with Gasteiger partial charge in [-0.05, 0) is 27.7 Å². The van der Waals surface area contributed by atoms with Crippen LogP contribution in [-0.2, 0) is 33.6 Å². The Morgan fingerprint density at radius 2 is 1.39 bits per heavy atom. The molecule has 0 aromatic carbocycles. The van der Waals surface area contributed by atoms with E-state index in [0.29, 0.717) is 5.01 Å². The van der Waals surface area contributed by atoms with Crippen LogP contribution in [0.25, 0.3) is 0 Å². The van der Waals surface area contributed by atoms with E-state index in [-0.39, 0.29) is 32.8 Å². The van der Waals surface area contributed by atoms with Crippen molar-refractivity contribution >= 4 is 26.5 Å². The van der Waals surface area contributed by atoms with Gasteiger partial charge in [0.1, 0.15) is 0 Å². The zero-order chi connectivity index (χ0) is 17.3. The van der Waals surface area contributed by atoms with E-state index in [2.05, 4.69) is 4.98 Å². The molecule has 0 aliphatic rings. The highest BCUT2D eigenvalue weighted by Gasteiger charge is 2.51. The predicted molar refractivity (Wildman–Crippen MR) is 91.3 cm³/mol. The largest absolute Gasteiger partial charge is 0.346 e. The molecule has 1 aromatic heterocycles. The van der Waals surface area contributed by atoms with Gasteiger partial charge in [-0.15, -0.1) is 11.3 Å². The molecule has 0 aliphatic heterocycles. The molecule has 7 nitrogen and oxygen atoms in total. The summed E-state index contributed by atoms with van der Waals surface area (Å²) in [5.74, 6) is 0. The van der Waals surface area contributed by atoms with Crippen LogP contribution in [0.3, 0.4) is 0 Å². The first-order chi connectivity index (χ1) is 11.0. The maximum absolute atomic E-state index is 13.2. The monoisotopic (exact) mass is 385 g/mol. The molecule has 1 heterocycles. The SMILES string of the molecule is CCOP(=O)(OCC)C(Cc1nccs1)P(=O)(OCC)OCC. The number of hydrogen-bond donors (Lipinski definition) is 0. The van der Waals surface area contributed by atoms with Crippen molar-refractivity contribution in [1.29, 1.82) is 0 Å². The summed E-state index contributed by atoms with van der Waals surface area (Å²) >= 11 is 1.38. The molecule has 0 N–H and O–H groups in total. The molecule has 0 atom stereocenters. The van der Waals surface area contributed by atoms with Gasteiger partial charge in [-0.25, -0.2) is 4.98 Å². The second kappa shape index (κ2) is 10.0. The fourth-order valence-corrected chi connectivity index (χ4v) is 8.21. The molecule has 10 heteroatoms. The first-order valence-corrected chi connectivity index (χ1v) is 11.7. The standard InChI is InChI=1S/C13H25NO6P2S/c1-5-17-21(15,18-6-2)13(11-12-14-9-10-23-12)22(16,19-7-3)20-8-4/h9-10,13H,5-8,11H2,1-4H3. The topological polar surface area (TPSA) is 84.0 Å². The minimum absolute atomic E-state index is 0.145. The number of hydrogen-bond acceptors (Lipinski definition) is 8. The van der Waals surface area contributed by atoms with Gasteiger partial charge in [-0.2, -0.15) is 0 Å². The maximum atomic E-state index is 13.2. The summed E-state index contributed by atoms with van der Waals surface area (Å²) in [5, 5.41) is 1.43. The molecule has 134 valence electrons. The van der Waals surface area contributed by atoms with E-state index in [0.717, 1.165) is 0 Å². The van der Waals surface area contributed by atoms with Gasteiger partial charge in [0.15, 0.2) is 5.40 Å². The lowest BCUT2D eigenvalue weighted by Gasteiger charge is -2.30. The molecular weight excluding hydrogens is 360 g/mol. The van der Waals surface area contributed by atoms with E-state index < -0.39 is 20.6 Å². The summed E-state index contributed by atoms with van der Waals surface area (Å²) in [4.78, 5) is 4.18. The van der Waals surface area contributed by atoms with Crippen LogP contribution in [0.2, 0.25) is 0 Å². The maximum Gasteiger partial charge on any atom is 0.346 e. The first-order valence-electron chi connectivity index (χ1n) is 7.61. The van der Waals surface area contributed by atoms with E-state index in [1.54, 1.807) is 39.3 Å². The second-order valence-electron chi connectivity index (χ2n) is 4.36. The highest BCUT2D eigenvalue weighted by atomic mass is 32.1. The Balaban J connectivity index is 3.27. The van der Waals surface area contributed by atoms with Crippen molar-refractivity contribution in [2.45, 2.75) is 39.5 Å². The number of nitrogens with zero attached hydrogens (tertiary/aromatic N) is 1. The van der Waals surface area contributed by atoms with Gasteiger partial charge in [0.25, 0.3) is 0 Å². The molecular formula is C13H25NO6P2S. The van der Waals surface area contributed by atoms with Gasteiger partial charge in [0.05, 0.1) is 31.4 Å². The predicted octanol–water partition coefficient (Wildman–Crippen LogP) is 4.54. The Bertz CT molecular complexity index is 489. The van der Waals surface area contributed by atoms with Crippen LogP contribution in [0.1, 0.15) is 32.7 Å². The van der Waals surface area contributed by atoms with Gasteiger partial charge in [-0.3, -0.25) is 9.13 Å². The van der Waals surface area contributed by atoms with Crippen molar-refractivity contribution in [3.05, 3.63) is 16.6 Å². The number of rotatable bonds is 12. The van der Waals surface area contributed by atoms with Gasteiger partial charge >= 0.3 is 15.2 Å². The highest BCUT2D eigenvalue weighted by Crippen LogP contribution is 2.71. The lowest BCUT2D eigenvalue weighted by Crippen LogP contribution is -2.20. The number of aromatic nitrogens is 1. The van der Waals surface area contributed by atoms with Crippen LogP contribution in [0.4, 0.5) is 0 Å². The molecule has 23 heavy (non-hydrogen) atoms. The van der Waals surface area contributed by atoms with Crippen LogP contribution >= 0.6 is 26.5 Å². The van der Waals surface area contributed by atoms with E-state index in [4.69, 9.17) is 18.1 Å². The molecule has 0 radical (unpaired) electrons. The molecule has 1 aromatic rings. The average molecular weight is 385 g/mol. The third kappa shape index (κ3) is 5.75. The van der Waals surface area contributed by atoms with E-state index in [1.807, 2.05) is 0 Å². The third-order valence-electron chi connectivity index (χ3n) is 2.81. The summed E-state index contributed by atoms with van der Waals surface area (Å²) in [6.07, 6.45) is 1.78. The molecule has 0 aliphatic carbocycles. The van der Waals surface area contributed by atoms with Crippen molar-refractivity contribution in [1.82, 2.24) is 4.98 Å². The fourth-order valence-electron chi connectivity index (χ4n) is 2.05. The molecule has 0 saturated carbocycles. The molecule has 0 fully saturated rings. The lowest BCUT2D eigenvalue weighted by molar-refractivity contribution is 0.195. The fraction of sp³-hybridized carbons (Fsp3) is 0.769. The zero-order valence-electron chi connectivity index (χ0n) is 14.0. The van der Waals surface area contributed by atoms with Gasteiger partial charge < -0.3 is 18.1 Å². The second-order valence-corrected chi connectivity index (χ2v) is 10.2. The smallest absolute Gasteiger partial charge is 0.308 e. The van der Waals surface area contributed by atoms with Gasteiger partial charge in [0.2, 0.25) is 0 Å². The molecule has 1 rings (SSSR count). The Morgan fingerprint density at radius 1 is 0.957 bits per heavy atom. The Labute approximate surface area is 141 Å². The molecule has 0 unspecified atom stereocenters. The Morgan fingerprint density at radius 3 is 1.70 bits per heavy atom. The van der Waals surface area contributed by atoms with Crippen LogP contribution < -0.4 is 0 Å². The van der Waals surface area contributed by atoms with E-state index >= 15 is 0 Å². The molecule has 0 saturated heterocycles. The Hall–Kier alpha value is -0.0700. The van der Waals surface area contributed by atoms with Crippen LogP contribution in [0, 0.1) is 0 Å². The first kappa shape index (κ1) is 21.0. The minimum Gasteiger partial charge on any atom is -0.308 e. The van der Waals surface area contributed by atoms with Gasteiger partial charge in [-0.1, -0.05) is 0 Å². The lowest BCUT2D eigenvalue weighted by atomic mass is 10.5. The van der Waals surface area contributed by atoms with Crippen LogP contribution in [0.15, 0.2) is 11.6 Å².